The number of benzene rings is 3. The minimum absolute atomic E-state index is 1.10. The standard InChI is InChI=1S/C34H32N2.C3H6.C2H6/c1-7-12-33-25(6)24(5)32(9-3)36(33)29-17-15-26(16-18-29)31-20-19-30(21-23(31)4)35-28(8-2)22-27-13-10-11-14-34(27)35;1-3-2;1-2/h7-22H,2-3H2,1,4-6H3;3H,1H2,2H3;1-2H3/b12-7-;;. The Morgan fingerprint density at radius 1 is 0.659 bits per heavy atom. The molecule has 2 nitrogen and oxygen atoms in total. The molecule has 2 heteroatoms. The zero-order valence-electron chi connectivity index (χ0n) is 25.8. The van der Waals surface area contributed by atoms with E-state index in [9.17, 15) is 0 Å². The van der Waals surface area contributed by atoms with Gasteiger partial charge >= 0.3 is 0 Å². The van der Waals surface area contributed by atoms with Gasteiger partial charge in [-0.05, 0) is 117 Å². The van der Waals surface area contributed by atoms with Gasteiger partial charge in [0.2, 0.25) is 0 Å². The van der Waals surface area contributed by atoms with Crippen LogP contribution in [0.25, 0.3) is 51.6 Å². The number of hydrogen-bond donors (Lipinski definition) is 0. The maximum absolute atomic E-state index is 4.08. The van der Waals surface area contributed by atoms with Gasteiger partial charge in [0.15, 0.2) is 0 Å². The van der Waals surface area contributed by atoms with Gasteiger partial charge < -0.3 is 9.13 Å². The number of fused-ring (bicyclic) bond motifs is 1. The Labute approximate surface area is 247 Å². The van der Waals surface area contributed by atoms with Crippen LogP contribution >= 0.6 is 0 Å². The van der Waals surface area contributed by atoms with Crippen molar-refractivity contribution in [1.82, 2.24) is 9.13 Å². The molecule has 0 amide bonds. The molecule has 0 N–H and O–H groups in total. The highest BCUT2D eigenvalue weighted by atomic mass is 15.0. The number of nitrogens with zero attached hydrogens (tertiary/aromatic N) is 2. The second-order valence-electron chi connectivity index (χ2n) is 9.68. The summed E-state index contributed by atoms with van der Waals surface area (Å²) in [6, 6.07) is 26.2. The summed E-state index contributed by atoms with van der Waals surface area (Å²) in [6.07, 6.45) is 9.89. The van der Waals surface area contributed by atoms with Gasteiger partial charge in [-0.3, -0.25) is 0 Å². The van der Waals surface area contributed by atoms with Gasteiger partial charge in [-0.15, -0.1) is 6.58 Å². The van der Waals surface area contributed by atoms with Crippen LogP contribution in [0, 0.1) is 20.8 Å². The lowest BCUT2D eigenvalue weighted by atomic mass is 9.99. The summed E-state index contributed by atoms with van der Waals surface area (Å²) >= 11 is 0. The van der Waals surface area contributed by atoms with Crippen LogP contribution < -0.4 is 0 Å². The van der Waals surface area contributed by atoms with Gasteiger partial charge in [0, 0.05) is 33.8 Å². The molecule has 0 aliphatic heterocycles. The van der Waals surface area contributed by atoms with Crippen molar-refractivity contribution in [3.63, 3.8) is 0 Å². The van der Waals surface area contributed by atoms with E-state index in [4.69, 9.17) is 0 Å². The largest absolute Gasteiger partial charge is 0.310 e. The molecule has 0 aliphatic carbocycles. The first-order chi connectivity index (χ1) is 19.9. The van der Waals surface area contributed by atoms with E-state index in [1.807, 2.05) is 32.9 Å². The molecule has 2 aromatic heterocycles. The van der Waals surface area contributed by atoms with Crippen LogP contribution in [0.4, 0.5) is 0 Å². The Balaban J connectivity index is 0.000000868. The lowest BCUT2D eigenvalue weighted by Crippen LogP contribution is -2.00. The maximum atomic E-state index is 4.08. The molecule has 2 heterocycles. The fourth-order valence-corrected chi connectivity index (χ4v) is 5.24. The van der Waals surface area contributed by atoms with Crippen molar-refractivity contribution in [3.05, 3.63) is 138 Å². The van der Waals surface area contributed by atoms with E-state index in [1.54, 1.807) is 6.08 Å². The molecule has 0 spiro atoms. The quantitative estimate of drug-likeness (QED) is 0.190. The van der Waals surface area contributed by atoms with E-state index >= 15 is 0 Å². The van der Waals surface area contributed by atoms with Crippen LogP contribution in [-0.2, 0) is 0 Å². The van der Waals surface area contributed by atoms with Crippen LogP contribution in [0.5, 0.6) is 0 Å². The summed E-state index contributed by atoms with van der Waals surface area (Å²) in [7, 11) is 0. The smallest absolute Gasteiger partial charge is 0.0534 e. The summed E-state index contributed by atoms with van der Waals surface area (Å²) < 4.78 is 4.57. The van der Waals surface area contributed by atoms with Crippen LogP contribution in [0.2, 0.25) is 0 Å². The second kappa shape index (κ2) is 14.2. The SMILES string of the molecule is C=CC.C=Cc1c(C)c(C)c(/C=C\C)n1-c1ccc(-c2ccc(-n3c(C=C)cc4ccccc43)cc2C)cc1.CC. The highest BCUT2D eigenvalue weighted by Crippen LogP contribution is 2.32. The summed E-state index contributed by atoms with van der Waals surface area (Å²) in [5.41, 5.74) is 13.2. The molecule has 3 aromatic carbocycles. The number of aromatic nitrogens is 2. The van der Waals surface area contributed by atoms with Crippen molar-refractivity contribution in [2.45, 2.75) is 48.5 Å². The lowest BCUT2D eigenvalue weighted by molar-refractivity contribution is 1.04. The molecule has 210 valence electrons. The Kier molecular flexibility index (Phi) is 10.7. The van der Waals surface area contributed by atoms with Gasteiger partial charge in [0.05, 0.1) is 5.52 Å². The molecule has 0 unspecified atom stereocenters. The minimum Gasteiger partial charge on any atom is -0.310 e. The summed E-state index contributed by atoms with van der Waals surface area (Å²) in [5.74, 6) is 0. The first-order valence-corrected chi connectivity index (χ1v) is 14.4. The first-order valence-electron chi connectivity index (χ1n) is 14.4. The van der Waals surface area contributed by atoms with Crippen LogP contribution in [0.3, 0.4) is 0 Å². The van der Waals surface area contributed by atoms with E-state index in [-0.39, 0.29) is 0 Å². The maximum Gasteiger partial charge on any atom is 0.0534 e. The highest BCUT2D eigenvalue weighted by molar-refractivity contribution is 5.86. The molecular formula is C39H44N2. The van der Waals surface area contributed by atoms with Gasteiger partial charge in [-0.1, -0.05) is 75.6 Å². The summed E-state index contributed by atoms with van der Waals surface area (Å²) in [4.78, 5) is 0. The van der Waals surface area contributed by atoms with Crippen LogP contribution in [-0.4, -0.2) is 9.13 Å². The monoisotopic (exact) mass is 540 g/mol. The van der Waals surface area contributed by atoms with Crippen molar-refractivity contribution in [3.8, 4) is 22.5 Å². The van der Waals surface area contributed by atoms with Crippen LogP contribution in [0.1, 0.15) is 61.5 Å². The predicted octanol–water partition coefficient (Wildman–Crippen LogP) is 11.6. The number of allylic oxidation sites excluding steroid dienone is 2. The Bertz CT molecular complexity index is 1680. The number of rotatable bonds is 6. The van der Waals surface area contributed by atoms with E-state index < -0.39 is 0 Å². The van der Waals surface area contributed by atoms with Gasteiger partial charge in [0.25, 0.3) is 0 Å². The molecule has 0 atom stereocenters. The van der Waals surface area contributed by atoms with Gasteiger partial charge in [-0.2, -0.15) is 0 Å². The van der Waals surface area contributed by atoms with E-state index in [1.165, 1.54) is 44.4 Å². The molecule has 0 saturated carbocycles. The molecular weight excluding hydrogens is 496 g/mol. The van der Waals surface area contributed by atoms with Crippen molar-refractivity contribution in [1.29, 1.82) is 0 Å². The number of para-hydroxylation sites is 1. The topological polar surface area (TPSA) is 9.86 Å². The zero-order chi connectivity index (χ0) is 30.1. The Morgan fingerprint density at radius 3 is 1.85 bits per heavy atom. The molecule has 0 bridgehead atoms. The fourth-order valence-electron chi connectivity index (χ4n) is 5.24. The molecule has 5 aromatic rings. The van der Waals surface area contributed by atoms with E-state index in [0.717, 1.165) is 22.8 Å². The highest BCUT2D eigenvalue weighted by Gasteiger charge is 2.16. The van der Waals surface area contributed by atoms with Crippen molar-refractivity contribution < 1.29 is 0 Å². The van der Waals surface area contributed by atoms with Crippen molar-refractivity contribution >= 4 is 29.1 Å². The number of hydrogen-bond acceptors (Lipinski definition) is 0. The fraction of sp³-hybridized carbons (Fsp3) is 0.179. The Morgan fingerprint density at radius 2 is 1.27 bits per heavy atom. The second-order valence-corrected chi connectivity index (χ2v) is 9.68. The lowest BCUT2D eigenvalue weighted by Gasteiger charge is -2.14. The van der Waals surface area contributed by atoms with Crippen molar-refractivity contribution in [2.24, 2.45) is 0 Å². The average molecular weight is 541 g/mol. The Hall–Kier alpha value is -4.56. The van der Waals surface area contributed by atoms with E-state index in [2.05, 4.69) is 142 Å². The minimum atomic E-state index is 1.10. The third-order valence-electron chi connectivity index (χ3n) is 7.18. The summed E-state index contributed by atoms with van der Waals surface area (Å²) in [6.45, 7) is 26.0. The van der Waals surface area contributed by atoms with Crippen LogP contribution in [0.15, 0.2) is 105 Å². The molecule has 41 heavy (non-hydrogen) atoms. The van der Waals surface area contributed by atoms with E-state index in [0.29, 0.717) is 0 Å². The predicted molar refractivity (Wildman–Crippen MR) is 184 cm³/mol. The van der Waals surface area contributed by atoms with Crippen molar-refractivity contribution in [2.75, 3.05) is 0 Å². The number of aryl methyl sites for hydroxylation is 1. The molecule has 0 saturated heterocycles. The first kappa shape index (κ1) is 31.0. The zero-order valence-corrected chi connectivity index (χ0v) is 25.8. The molecule has 0 aliphatic rings. The van der Waals surface area contributed by atoms with Gasteiger partial charge in [0.1, 0.15) is 0 Å². The third-order valence-corrected chi connectivity index (χ3v) is 7.18. The molecule has 5 rings (SSSR count). The van der Waals surface area contributed by atoms with Gasteiger partial charge in [-0.25, -0.2) is 0 Å². The normalized spacial score (nSPS) is 10.5. The third kappa shape index (κ3) is 6.12. The average Bonchev–Trinajstić information content (AvgIpc) is 3.49. The molecule has 0 fully saturated rings. The summed E-state index contributed by atoms with van der Waals surface area (Å²) in [5, 5.41) is 1.22. The molecule has 0 radical (unpaired) electrons.